The molecule has 15 heavy (non-hydrogen) atoms. The van der Waals surface area contributed by atoms with Crippen LogP contribution in [-0.4, -0.2) is 9.55 Å². The molecule has 1 heterocycles. The van der Waals surface area contributed by atoms with Gasteiger partial charge in [0.2, 0.25) is 5.95 Å². The first-order valence-electron chi connectivity index (χ1n) is 4.35. The molecule has 0 aliphatic heterocycles. The highest BCUT2D eigenvalue weighted by Crippen LogP contribution is 2.20. The molecule has 78 valence electrons. The number of aryl methyl sites for hydroxylation is 1. The number of aromatic nitrogens is 2. The van der Waals surface area contributed by atoms with E-state index in [1.165, 1.54) is 6.07 Å². The summed E-state index contributed by atoms with van der Waals surface area (Å²) in [5.41, 5.74) is 7.14. The highest BCUT2D eigenvalue weighted by atomic mass is 79.9. The Balaban J connectivity index is 2.54. The van der Waals surface area contributed by atoms with E-state index < -0.39 is 0 Å². The summed E-state index contributed by atoms with van der Waals surface area (Å²) in [7, 11) is 0. The van der Waals surface area contributed by atoms with Gasteiger partial charge >= 0.3 is 0 Å². The van der Waals surface area contributed by atoms with Crippen molar-refractivity contribution >= 4 is 21.9 Å². The molecule has 0 radical (unpaired) electrons. The van der Waals surface area contributed by atoms with Gasteiger partial charge in [0.05, 0.1) is 15.9 Å². The maximum absolute atomic E-state index is 13.3. The van der Waals surface area contributed by atoms with Crippen molar-refractivity contribution in [3.8, 4) is 5.69 Å². The van der Waals surface area contributed by atoms with E-state index in [4.69, 9.17) is 5.73 Å². The first kappa shape index (κ1) is 10.2. The SMILES string of the molecule is Cc1cn(-c2ccc(Br)c(F)c2)c(N)n1. The number of anilines is 1. The lowest BCUT2D eigenvalue weighted by atomic mass is 10.3. The lowest BCUT2D eigenvalue weighted by molar-refractivity contribution is 0.620. The zero-order chi connectivity index (χ0) is 11.0. The Morgan fingerprint density at radius 1 is 1.47 bits per heavy atom. The molecular weight excluding hydrogens is 261 g/mol. The predicted molar refractivity (Wildman–Crippen MR) is 60.4 cm³/mol. The van der Waals surface area contributed by atoms with Gasteiger partial charge in [-0.15, -0.1) is 0 Å². The lowest BCUT2D eigenvalue weighted by Crippen LogP contribution is -1.99. The number of nitrogen functional groups attached to an aromatic ring is 1. The summed E-state index contributed by atoms with van der Waals surface area (Å²) in [5.74, 6) is 0.0347. The Kier molecular flexibility index (Phi) is 2.48. The van der Waals surface area contributed by atoms with Crippen molar-refractivity contribution in [1.82, 2.24) is 9.55 Å². The zero-order valence-electron chi connectivity index (χ0n) is 8.04. The van der Waals surface area contributed by atoms with Gasteiger partial charge in [-0.3, -0.25) is 4.57 Å². The summed E-state index contributed by atoms with van der Waals surface area (Å²) in [6.45, 7) is 1.84. The second-order valence-corrected chi connectivity index (χ2v) is 4.06. The Morgan fingerprint density at radius 3 is 2.73 bits per heavy atom. The molecule has 0 saturated carbocycles. The largest absolute Gasteiger partial charge is 0.369 e. The fourth-order valence-corrected chi connectivity index (χ4v) is 1.60. The van der Waals surface area contributed by atoms with E-state index in [2.05, 4.69) is 20.9 Å². The average Bonchev–Trinajstić information content (AvgIpc) is 2.50. The van der Waals surface area contributed by atoms with E-state index in [9.17, 15) is 4.39 Å². The molecule has 2 aromatic rings. The lowest BCUT2D eigenvalue weighted by Gasteiger charge is -2.04. The molecule has 1 aromatic carbocycles. The highest BCUT2D eigenvalue weighted by Gasteiger charge is 2.06. The molecule has 0 aliphatic rings. The highest BCUT2D eigenvalue weighted by molar-refractivity contribution is 9.10. The fourth-order valence-electron chi connectivity index (χ4n) is 1.36. The Bertz CT molecular complexity index is 507. The summed E-state index contributed by atoms with van der Waals surface area (Å²) >= 11 is 3.09. The normalized spacial score (nSPS) is 10.6. The van der Waals surface area contributed by atoms with Crippen LogP contribution < -0.4 is 5.73 Å². The van der Waals surface area contributed by atoms with Crippen LogP contribution in [0.5, 0.6) is 0 Å². The third-order valence-corrected chi connectivity index (χ3v) is 2.68. The first-order valence-corrected chi connectivity index (χ1v) is 5.14. The van der Waals surface area contributed by atoms with Crippen molar-refractivity contribution in [2.24, 2.45) is 0 Å². The van der Waals surface area contributed by atoms with Gasteiger partial charge < -0.3 is 5.73 Å². The number of benzene rings is 1. The van der Waals surface area contributed by atoms with Crippen LogP contribution in [0.25, 0.3) is 5.69 Å². The predicted octanol–water partition coefficient (Wildman–Crippen LogP) is 2.66. The quantitative estimate of drug-likeness (QED) is 0.865. The van der Waals surface area contributed by atoms with E-state index >= 15 is 0 Å². The minimum Gasteiger partial charge on any atom is -0.369 e. The fraction of sp³-hybridized carbons (Fsp3) is 0.100. The average molecular weight is 270 g/mol. The second kappa shape index (κ2) is 3.66. The smallest absolute Gasteiger partial charge is 0.205 e. The molecule has 2 N–H and O–H groups in total. The number of hydrogen-bond acceptors (Lipinski definition) is 2. The van der Waals surface area contributed by atoms with Crippen molar-refractivity contribution in [3.63, 3.8) is 0 Å². The van der Waals surface area contributed by atoms with Crippen molar-refractivity contribution in [3.05, 3.63) is 40.4 Å². The summed E-state index contributed by atoms with van der Waals surface area (Å²) in [6, 6.07) is 4.81. The van der Waals surface area contributed by atoms with E-state index in [-0.39, 0.29) is 5.82 Å². The topological polar surface area (TPSA) is 43.8 Å². The van der Waals surface area contributed by atoms with Crippen molar-refractivity contribution < 1.29 is 4.39 Å². The number of hydrogen-bond donors (Lipinski definition) is 1. The molecule has 0 saturated heterocycles. The number of nitrogens with zero attached hydrogens (tertiary/aromatic N) is 2. The van der Waals surface area contributed by atoms with E-state index in [1.807, 2.05) is 6.92 Å². The molecular formula is C10H9BrFN3. The molecule has 1 aromatic heterocycles. The molecule has 0 aliphatic carbocycles. The Morgan fingerprint density at radius 2 is 2.20 bits per heavy atom. The summed E-state index contributed by atoms with van der Waals surface area (Å²) in [4.78, 5) is 4.05. The monoisotopic (exact) mass is 269 g/mol. The van der Waals surface area contributed by atoms with Crippen LogP contribution in [0.4, 0.5) is 10.3 Å². The minimum atomic E-state index is -0.321. The van der Waals surface area contributed by atoms with Gasteiger partial charge in [0.25, 0.3) is 0 Å². The number of nitrogens with two attached hydrogens (primary N) is 1. The van der Waals surface area contributed by atoms with Gasteiger partial charge in [-0.25, -0.2) is 9.37 Å². The van der Waals surface area contributed by atoms with Crippen LogP contribution in [0.1, 0.15) is 5.69 Å². The third-order valence-electron chi connectivity index (χ3n) is 2.04. The summed E-state index contributed by atoms with van der Waals surface area (Å²) in [5, 5.41) is 0. The molecule has 0 atom stereocenters. The van der Waals surface area contributed by atoms with Gasteiger partial charge in [-0.1, -0.05) is 0 Å². The van der Waals surface area contributed by atoms with E-state index in [0.717, 1.165) is 5.69 Å². The van der Waals surface area contributed by atoms with E-state index in [1.54, 1.807) is 22.9 Å². The van der Waals surface area contributed by atoms with Crippen LogP contribution in [0.2, 0.25) is 0 Å². The van der Waals surface area contributed by atoms with E-state index in [0.29, 0.717) is 16.1 Å². The van der Waals surface area contributed by atoms with Gasteiger partial charge in [0.15, 0.2) is 0 Å². The maximum atomic E-state index is 13.3. The van der Waals surface area contributed by atoms with Crippen LogP contribution >= 0.6 is 15.9 Å². The van der Waals surface area contributed by atoms with Crippen molar-refractivity contribution in [2.75, 3.05) is 5.73 Å². The summed E-state index contributed by atoms with van der Waals surface area (Å²) in [6.07, 6.45) is 1.76. The molecule has 5 heteroatoms. The Labute approximate surface area is 94.9 Å². The molecule has 3 nitrogen and oxygen atoms in total. The second-order valence-electron chi connectivity index (χ2n) is 3.21. The zero-order valence-corrected chi connectivity index (χ0v) is 9.62. The number of halogens is 2. The van der Waals surface area contributed by atoms with Crippen molar-refractivity contribution in [2.45, 2.75) is 6.92 Å². The van der Waals surface area contributed by atoms with Crippen LogP contribution in [0.3, 0.4) is 0 Å². The van der Waals surface area contributed by atoms with Crippen LogP contribution in [-0.2, 0) is 0 Å². The third kappa shape index (κ3) is 1.87. The molecule has 0 spiro atoms. The molecule has 0 unspecified atom stereocenters. The molecule has 0 amide bonds. The van der Waals surface area contributed by atoms with Gasteiger partial charge in [-0.2, -0.15) is 0 Å². The maximum Gasteiger partial charge on any atom is 0.205 e. The summed E-state index contributed by atoms with van der Waals surface area (Å²) < 4.78 is 15.4. The number of rotatable bonds is 1. The number of imidazole rings is 1. The van der Waals surface area contributed by atoms with Crippen LogP contribution in [0.15, 0.2) is 28.9 Å². The van der Waals surface area contributed by atoms with Gasteiger partial charge in [0, 0.05) is 6.20 Å². The van der Waals surface area contributed by atoms with Crippen molar-refractivity contribution in [1.29, 1.82) is 0 Å². The first-order chi connectivity index (χ1) is 7.08. The van der Waals surface area contributed by atoms with Gasteiger partial charge in [-0.05, 0) is 41.1 Å². The van der Waals surface area contributed by atoms with Gasteiger partial charge in [0.1, 0.15) is 5.82 Å². The van der Waals surface area contributed by atoms with Crippen LogP contribution in [0, 0.1) is 12.7 Å². The molecule has 0 fully saturated rings. The molecule has 0 bridgehead atoms. The standard InChI is InChI=1S/C10H9BrFN3/c1-6-5-15(10(13)14-6)7-2-3-8(11)9(12)4-7/h2-5H,1H3,(H2,13,14). The molecule has 2 rings (SSSR count). The Hall–Kier alpha value is -1.36. The minimum absolute atomic E-state index is 0.321.